The van der Waals surface area contributed by atoms with E-state index in [1.54, 1.807) is 0 Å². The number of carbonyl (C=O) groups excluding carboxylic acids is 2. The summed E-state index contributed by atoms with van der Waals surface area (Å²) in [5.41, 5.74) is -0.155. The Morgan fingerprint density at radius 3 is 2.16 bits per heavy atom. The topological polar surface area (TPSA) is 52.6 Å². The van der Waals surface area contributed by atoms with Gasteiger partial charge < -0.3 is 9.47 Å². The highest BCUT2D eigenvalue weighted by Gasteiger charge is 2.49. The second kappa shape index (κ2) is 6.27. The van der Waals surface area contributed by atoms with Crippen LogP contribution < -0.4 is 0 Å². The van der Waals surface area contributed by atoms with Crippen LogP contribution >= 0.6 is 12.6 Å². The van der Waals surface area contributed by atoms with E-state index in [9.17, 15) is 27.2 Å². The van der Waals surface area contributed by atoms with Gasteiger partial charge in [0, 0.05) is 5.57 Å². The van der Waals surface area contributed by atoms with Crippen molar-refractivity contribution in [3.05, 3.63) is 12.2 Å². The number of thiol groups is 1. The highest BCUT2D eigenvalue weighted by atomic mass is 32.1. The molecule has 0 radical (unpaired) electrons. The van der Waals surface area contributed by atoms with Crippen LogP contribution in [0, 0.1) is 0 Å². The number of hydrogen-bond donors (Lipinski definition) is 1. The van der Waals surface area contributed by atoms with Crippen LogP contribution in [0.15, 0.2) is 12.2 Å². The summed E-state index contributed by atoms with van der Waals surface area (Å²) < 4.78 is 59.1. The van der Waals surface area contributed by atoms with Gasteiger partial charge in [0.1, 0.15) is 0 Å². The van der Waals surface area contributed by atoms with Gasteiger partial charge in [0.25, 0.3) is 0 Å². The highest BCUT2D eigenvalue weighted by molar-refractivity contribution is 7.81. The fraction of sp³-hybridized carbons (Fsp3) is 0.600. The monoisotopic (exact) mass is 304 g/mol. The molecule has 0 aliphatic rings. The highest BCUT2D eigenvalue weighted by Crippen LogP contribution is 2.26. The van der Waals surface area contributed by atoms with Gasteiger partial charge in [-0.05, 0) is 13.8 Å². The molecule has 9 heteroatoms. The number of hydrogen-bond acceptors (Lipinski definition) is 5. The van der Waals surface area contributed by atoms with Gasteiger partial charge in [-0.1, -0.05) is 6.58 Å². The Morgan fingerprint density at radius 1 is 1.32 bits per heavy atom. The fourth-order valence-corrected chi connectivity index (χ4v) is 0.814. The summed E-state index contributed by atoms with van der Waals surface area (Å²) >= 11 is 2.71. The zero-order valence-corrected chi connectivity index (χ0v) is 11.0. The molecular weight excluding hydrogens is 292 g/mol. The van der Waals surface area contributed by atoms with E-state index in [4.69, 9.17) is 0 Å². The fourth-order valence-electron chi connectivity index (χ4n) is 0.750. The quantitative estimate of drug-likeness (QED) is 0.354. The van der Waals surface area contributed by atoms with Crippen molar-refractivity contribution in [2.45, 2.75) is 31.1 Å². The minimum absolute atomic E-state index is 0.155. The number of halogens is 4. The van der Waals surface area contributed by atoms with E-state index >= 15 is 0 Å². The summed E-state index contributed by atoms with van der Waals surface area (Å²) in [6.07, 6.45) is -2.18. The van der Waals surface area contributed by atoms with Crippen molar-refractivity contribution in [2.75, 3.05) is 6.61 Å². The van der Waals surface area contributed by atoms with Crippen molar-refractivity contribution in [3.63, 3.8) is 0 Å². The molecule has 0 aromatic heterocycles. The predicted molar refractivity (Wildman–Crippen MR) is 60.2 cm³/mol. The van der Waals surface area contributed by atoms with Gasteiger partial charge >= 0.3 is 23.1 Å². The minimum Gasteiger partial charge on any atom is -0.454 e. The summed E-state index contributed by atoms with van der Waals surface area (Å²) in [6.45, 7) is 3.48. The maximum atomic E-state index is 13.4. The van der Waals surface area contributed by atoms with Gasteiger partial charge in [0.05, 0.1) is 0 Å². The lowest BCUT2D eigenvalue weighted by atomic mass is 10.2. The second-order valence-corrected chi connectivity index (χ2v) is 4.35. The van der Waals surface area contributed by atoms with E-state index in [-0.39, 0.29) is 5.57 Å². The van der Waals surface area contributed by atoms with Gasteiger partial charge in [-0.2, -0.15) is 17.6 Å². The zero-order chi connectivity index (χ0) is 15.4. The number of rotatable bonds is 6. The Balaban J connectivity index is 4.63. The van der Waals surface area contributed by atoms with Crippen molar-refractivity contribution in [3.8, 4) is 0 Å². The van der Waals surface area contributed by atoms with E-state index in [2.05, 4.69) is 28.7 Å². The summed E-state index contributed by atoms with van der Waals surface area (Å²) in [4.78, 5) is 22.0. The molecule has 0 aromatic rings. The normalized spacial score (nSPS) is 13.6. The van der Waals surface area contributed by atoms with Crippen LogP contribution in [0.1, 0.15) is 13.8 Å². The molecule has 0 rings (SSSR count). The van der Waals surface area contributed by atoms with Gasteiger partial charge in [-0.15, -0.1) is 12.6 Å². The average Bonchev–Trinajstić information content (AvgIpc) is 2.24. The lowest BCUT2D eigenvalue weighted by Crippen LogP contribution is -2.44. The minimum atomic E-state index is -4.26. The molecule has 1 unspecified atom stereocenters. The first kappa shape index (κ1) is 17.8. The lowest BCUT2D eigenvalue weighted by Gasteiger charge is -2.22. The van der Waals surface area contributed by atoms with E-state index in [0.717, 1.165) is 6.92 Å². The lowest BCUT2D eigenvalue weighted by molar-refractivity contribution is -0.197. The Labute approximate surface area is 112 Å². The van der Waals surface area contributed by atoms with Crippen LogP contribution in [0.2, 0.25) is 0 Å². The maximum Gasteiger partial charge on any atom is 0.381 e. The van der Waals surface area contributed by atoms with Gasteiger partial charge in [0.2, 0.25) is 0 Å². The molecule has 0 fully saturated rings. The average molecular weight is 304 g/mol. The number of alkyl halides is 4. The molecule has 0 saturated heterocycles. The summed E-state index contributed by atoms with van der Waals surface area (Å²) in [5, 5.41) is -3.73. The zero-order valence-electron chi connectivity index (χ0n) is 10.1. The molecule has 0 N–H and O–H groups in total. The van der Waals surface area contributed by atoms with Crippen LogP contribution in [-0.4, -0.2) is 35.8 Å². The van der Waals surface area contributed by atoms with Crippen LogP contribution in [0.4, 0.5) is 17.6 Å². The van der Waals surface area contributed by atoms with Crippen molar-refractivity contribution in [1.82, 2.24) is 0 Å². The van der Waals surface area contributed by atoms with Crippen molar-refractivity contribution < 1.29 is 36.6 Å². The first-order valence-electron chi connectivity index (χ1n) is 4.89. The number of carbonyl (C=O) groups is 2. The van der Waals surface area contributed by atoms with Crippen LogP contribution in [0.5, 0.6) is 0 Å². The molecule has 0 aliphatic carbocycles. The number of ether oxygens (including phenoxy) is 2. The van der Waals surface area contributed by atoms with Crippen molar-refractivity contribution in [1.29, 1.82) is 0 Å². The molecule has 110 valence electrons. The van der Waals surface area contributed by atoms with E-state index in [1.807, 2.05) is 0 Å². The summed E-state index contributed by atoms with van der Waals surface area (Å²) in [5.74, 6) is -7.63. The Morgan fingerprint density at radius 2 is 1.79 bits per heavy atom. The first-order chi connectivity index (χ1) is 8.38. The molecule has 1 atom stereocenters. The standard InChI is InChI=1S/C10H12F4O4S/c1-5(2)7(15)18-6(3)10(13,14)8(16)17-4-9(11,12)19/h6,19H,1,4H2,2-3H3. The summed E-state index contributed by atoms with van der Waals surface area (Å²) in [7, 11) is 0. The third-order valence-electron chi connectivity index (χ3n) is 1.79. The largest absolute Gasteiger partial charge is 0.454 e. The molecule has 0 spiro atoms. The molecule has 0 bridgehead atoms. The van der Waals surface area contributed by atoms with Gasteiger partial charge in [-0.25, -0.2) is 9.59 Å². The van der Waals surface area contributed by atoms with E-state index < -0.39 is 35.8 Å². The maximum absolute atomic E-state index is 13.4. The molecule has 0 amide bonds. The third kappa shape index (κ3) is 5.95. The molecule has 0 aromatic carbocycles. The Hall–Kier alpha value is -1.25. The van der Waals surface area contributed by atoms with Gasteiger partial charge in [0.15, 0.2) is 12.7 Å². The number of esters is 2. The second-order valence-electron chi connectivity index (χ2n) is 3.69. The van der Waals surface area contributed by atoms with Crippen LogP contribution in [0.3, 0.4) is 0 Å². The Kier molecular flexibility index (Phi) is 5.85. The van der Waals surface area contributed by atoms with Gasteiger partial charge in [-0.3, -0.25) is 0 Å². The molecule has 19 heavy (non-hydrogen) atoms. The van der Waals surface area contributed by atoms with Crippen molar-refractivity contribution in [2.24, 2.45) is 0 Å². The first-order valence-corrected chi connectivity index (χ1v) is 5.34. The SMILES string of the molecule is C=C(C)C(=O)OC(C)C(F)(F)C(=O)OCC(F)(F)S. The smallest absolute Gasteiger partial charge is 0.381 e. The van der Waals surface area contributed by atoms with E-state index in [0.29, 0.717) is 0 Å². The van der Waals surface area contributed by atoms with Crippen molar-refractivity contribution >= 4 is 24.6 Å². The summed E-state index contributed by atoms with van der Waals surface area (Å²) in [6, 6.07) is 0. The third-order valence-corrected chi connectivity index (χ3v) is 1.92. The molecule has 4 nitrogen and oxygen atoms in total. The van der Waals surface area contributed by atoms with Crippen LogP contribution in [0.25, 0.3) is 0 Å². The van der Waals surface area contributed by atoms with E-state index in [1.165, 1.54) is 6.92 Å². The Bertz CT molecular complexity index is 378. The molecule has 0 aliphatic heterocycles. The molecule has 0 saturated carbocycles. The predicted octanol–water partition coefficient (Wildman–Crippen LogP) is 2.20. The van der Waals surface area contributed by atoms with Crippen LogP contribution in [-0.2, 0) is 19.1 Å². The molecule has 0 heterocycles. The molecular formula is C10H12F4O4S.